The Balaban J connectivity index is 1.75. The second-order valence-electron chi connectivity index (χ2n) is 4.52. The molecule has 19 heavy (non-hydrogen) atoms. The number of fused-ring (bicyclic) bond motifs is 1. The van der Waals surface area contributed by atoms with Gasteiger partial charge in [-0.05, 0) is 18.6 Å². The normalized spacial score (nSPS) is 12.9. The van der Waals surface area contributed by atoms with E-state index >= 15 is 0 Å². The van der Waals surface area contributed by atoms with Crippen LogP contribution >= 0.6 is 0 Å². The lowest BCUT2D eigenvalue weighted by Gasteiger charge is -2.13. The van der Waals surface area contributed by atoms with Crippen LogP contribution in [0.3, 0.4) is 0 Å². The van der Waals surface area contributed by atoms with E-state index in [1.165, 1.54) is 5.56 Å². The van der Waals surface area contributed by atoms with Gasteiger partial charge in [-0.2, -0.15) is 5.10 Å². The molecule has 0 aliphatic heterocycles. The number of hydrogen-bond donors (Lipinski definition) is 2. The summed E-state index contributed by atoms with van der Waals surface area (Å²) in [5.74, 6) is 0.985. The van der Waals surface area contributed by atoms with Gasteiger partial charge in [0, 0.05) is 30.7 Å². The van der Waals surface area contributed by atoms with Crippen molar-refractivity contribution in [3.63, 3.8) is 0 Å². The number of rotatable bonds is 5. The van der Waals surface area contributed by atoms with Gasteiger partial charge in [-0.15, -0.1) is 0 Å². The number of hydrogen-bond acceptors (Lipinski definition) is 3. The number of nitrogens with one attached hydrogen (secondary N) is 2. The van der Waals surface area contributed by atoms with Crippen molar-refractivity contribution in [1.82, 2.24) is 24.9 Å². The predicted molar refractivity (Wildman–Crippen MR) is 73.7 cm³/mol. The van der Waals surface area contributed by atoms with Gasteiger partial charge in [-0.3, -0.25) is 0 Å². The maximum atomic E-state index is 4.34. The third kappa shape index (κ3) is 2.37. The van der Waals surface area contributed by atoms with E-state index in [2.05, 4.69) is 33.4 Å². The van der Waals surface area contributed by atoms with Crippen molar-refractivity contribution < 1.29 is 0 Å². The first kappa shape index (κ1) is 11.9. The van der Waals surface area contributed by atoms with Gasteiger partial charge in [0.05, 0.1) is 17.8 Å². The third-order valence-electron chi connectivity index (χ3n) is 3.30. The minimum Gasteiger partial charge on any atom is -0.347 e. The standard InChI is InChI=1S/C14H17N5/c1-2-12(14-15-6-7-16-14)17-9-11-10-18-19-8-4-3-5-13(11)19/h3-8,10,12,17H,2,9H2,1H3,(H,15,16). The van der Waals surface area contributed by atoms with E-state index in [0.29, 0.717) is 0 Å². The zero-order valence-corrected chi connectivity index (χ0v) is 10.9. The van der Waals surface area contributed by atoms with Gasteiger partial charge < -0.3 is 10.3 Å². The van der Waals surface area contributed by atoms with E-state index in [-0.39, 0.29) is 6.04 Å². The maximum Gasteiger partial charge on any atom is 0.123 e. The quantitative estimate of drug-likeness (QED) is 0.735. The molecule has 0 saturated carbocycles. The van der Waals surface area contributed by atoms with Crippen LogP contribution in [0.25, 0.3) is 5.52 Å². The van der Waals surface area contributed by atoms with Crippen LogP contribution in [-0.4, -0.2) is 19.6 Å². The molecule has 3 aromatic rings. The van der Waals surface area contributed by atoms with Crippen LogP contribution < -0.4 is 5.32 Å². The molecule has 98 valence electrons. The second kappa shape index (κ2) is 5.24. The molecule has 0 fully saturated rings. The van der Waals surface area contributed by atoms with Gasteiger partial charge in [-0.1, -0.05) is 13.0 Å². The first-order valence-corrected chi connectivity index (χ1v) is 6.52. The summed E-state index contributed by atoms with van der Waals surface area (Å²) in [6.07, 6.45) is 8.51. The molecule has 3 rings (SSSR count). The van der Waals surface area contributed by atoms with Crippen molar-refractivity contribution in [2.24, 2.45) is 0 Å². The SMILES string of the molecule is CCC(NCc1cnn2ccccc12)c1ncc[nH]1. The van der Waals surface area contributed by atoms with E-state index in [0.717, 1.165) is 24.3 Å². The summed E-state index contributed by atoms with van der Waals surface area (Å²) in [6, 6.07) is 6.34. The summed E-state index contributed by atoms with van der Waals surface area (Å²) in [5, 5.41) is 7.86. The fraction of sp³-hybridized carbons (Fsp3) is 0.286. The topological polar surface area (TPSA) is 58.0 Å². The Bertz CT molecular complexity index is 641. The lowest BCUT2D eigenvalue weighted by Crippen LogP contribution is -2.21. The third-order valence-corrected chi connectivity index (χ3v) is 3.30. The summed E-state index contributed by atoms with van der Waals surface area (Å²) >= 11 is 0. The molecule has 0 bridgehead atoms. The zero-order valence-electron chi connectivity index (χ0n) is 10.9. The van der Waals surface area contributed by atoms with Crippen LogP contribution in [-0.2, 0) is 6.54 Å². The van der Waals surface area contributed by atoms with E-state index in [1.807, 2.05) is 35.2 Å². The van der Waals surface area contributed by atoms with Crippen molar-refractivity contribution >= 4 is 5.52 Å². The number of H-pyrrole nitrogens is 1. The Morgan fingerprint density at radius 3 is 3.16 bits per heavy atom. The number of aromatic nitrogens is 4. The lowest BCUT2D eigenvalue weighted by molar-refractivity contribution is 0.499. The van der Waals surface area contributed by atoms with Gasteiger partial charge >= 0.3 is 0 Å². The van der Waals surface area contributed by atoms with Gasteiger partial charge in [-0.25, -0.2) is 9.50 Å². The first-order valence-electron chi connectivity index (χ1n) is 6.52. The smallest absolute Gasteiger partial charge is 0.123 e. The average Bonchev–Trinajstić information content (AvgIpc) is 3.09. The number of imidazole rings is 1. The molecule has 0 aliphatic carbocycles. The van der Waals surface area contributed by atoms with Crippen LogP contribution in [0.5, 0.6) is 0 Å². The summed E-state index contributed by atoms with van der Waals surface area (Å²) in [6.45, 7) is 2.93. The minimum absolute atomic E-state index is 0.244. The number of pyridine rings is 1. The number of aromatic amines is 1. The Kier molecular flexibility index (Phi) is 3.29. The van der Waals surface area contributed by atoms with Crippen LogP contribution in [0, 0.1) is 0 Å². The van der Waals surface area contributed by atoms with Gasteiger partial charge in [0.2, 0.25) is 0 Å². The molecule has 0 radical (unpaired) electrons. The molecule has 0 saturated heterocycles. The van der Waals surface area contributed by atoms with Crippen molar-refractivity contribution in [3.8, 4) is 0 Å². The highest BCUT2D eigenvalue weighted by molar-refractivity contribution is 5.53. The molecule has 0 amide bonds. The first-order chi connectivity index (χ1) is 9.38. The Morgan fingerprint density at radius 1 is 1.42 bits per heavy atom. The van der Waals surface area contributed by atoms with E-state index in [1.54, 1.807) is 6.20 Å². The van der Waals surface area contributed by atoms with Crippen LogP contribution in [0.2, 0.25) is 0 Å². The summed E-state index contributed by atoms with van der Waals surface area (Å²) < 4.78 is 1.89. The summed E-state index contributed by atoms with van der Waals surface area (Å²) in [7, 11) is 0. The molecule has 1 atom stereocenters. The molecule has 3 aromatic heterocycles. The van der Waals surface area contributed by atoms with E-state index in [9.17, 15) is 0 Å². The van der Waals surface area contributed by atoms with Crippen molar-refractivity contribution in [2.45, 2.75) is 25.9 Å². The Hall–Kier alpha value is -2.14. The minimum atomic E-state index is 0.244. The van der Waals surface area contributed by atoms with Crippen LogP contribution in [0.1, 0.15) is 30.8 Å². The zero-order chi connectivity index (χ0) is 13.1. The molecule has 5 heteroatoms. The van der Waals surface area contributed by atoms with Crippen molar-refractivity contribution in [1.29, 1.82) is 0 Å². The molecule has 0 spiro atoms. The molecular formula is C14H17N5. The molecule has 0 aromatic carbocycles. The fourth-order valence-corrected chi connectivity index (χ4v) is 2.26. The predicted octanol–water partition coefficient (Wildman–Crippen LogP) is 2.30. The van der Waals surface area contributed by atoms with E-state index < -0.39 is 0 Å². The highest BCUT2D eigenvalue weighted by atomic mass is 15.2. The molecular weight excluding hydrogens is 238 g/mol. The molecule has 1 unspecified atom stereocenters. The summed E-state index contributed by atoms with van der Waals surface area (Å²) in [5.41, 5.74) is 2.34. The highest BCUT2D eigenvalue weighted by Crippen LogP contribution is 2.15. The molecule has 0 aliphatic rings. The van der Waals surface area contributed by atoms with Crippen LogP contribution in [0.4, 0.5) is 0 Å². The van der Waals surface area contributed by atoms with Crippen molar-refractivity contribution in [2.75, 3.05) is 0 Å². The van der Waals surface area contributed by atoms with Gasteiger partial charge in [0.1, 0.15) is 5.82 Å². The molecule has 5 nitrogen and oxygen atoms in total. The maximum absolute atomic E-state index is 4.34. The largest absolute Gasteiger partial charge is 0.347 e. The second-order valence-corrected chi connectivity index (χ2v) is 4.52. The Morgan fingerprint density at radius 2 is 2.37 bits per heavy atom. The average molecular weight is 255 g/mol. The molecule has 2 N–H and O–H groups in total. The van der Waals surface area contributed by atoms with Gasteiger partial charge in [0.25, 0.3) is 0 Å². The fourth-order valence-electron chi connectivity index (χ4n) is 2.26. The Labute approximate surface area is 111 Å². The lowest BCUT2D eigenvalue weighted by atomic mass is 10.2. The van der Waals surface area contributed by atoms with Gasteiger partial charge in [0.15, 0.2) is 0 Å². The van der Waals surface area contributed by atoms with Crippen LogP contribution in [0.15, 0.2) is 43.0 Å². The number of nitrogens with zero attached hydrogens (tertiary/aromatic N) is 3. The van der Waals surface area contributed by atoms with E-state index in [4.69, 9.17) is 0 Å². The molecule has 3 heterocycles. The van der Waals surface area contributed by atoms with Crippen molar-refractivity contribution in [3.05, 3.63) is 54.4 Å². The summed E-state index contributed by atoms with van der Waals surface area (Å²) in [4.78, 5) is 7.47. The monoisotopic (exact) mass is 255 g/mol. The highest BCUT2D eigenvalue weighted by Gasteiger charge is 2.12.